The van der Waals surface area contributed by atoms with Gasteiger partial charge >= 0.3 is 5.97 Å². The van der Waals surface area contributed by atoms with E-state index in [0.717, 1.165) is 16.3 Å². The molecule has 7 heteroatoms. The number of carboxylic acid groups (broad SMARTS) is 1. The van der Waals surface area contributed by atoms with Gasteiger partial charge in [0.1, 0.15) is 15.6 Å². The van der Waals surface area contributed by atoms with Crippen molar-refractivity contribution >= 4 is 23.2 Å². The Hall–Kier alpha value is -2.41. The van der Waals surface area contributed by atoms with E-state index in [1.807, 2.05) is 24.3 Å². The summed E-state index contributed by atoms with van der Waals surface area (Å²) >= 11 is 1.31. The molecule has 0 saturated heterocycles. The number of benzene rings is 1. The molecule has 1 aliphatic carbocycles. The van der Waals surface area contributed by atoms with Gasteiger partial charge in [0.15, 0.2) is 0 Å². The number of rotatable bonds is 5. The number of aromatic nitrogens is 1. The number of nitrogens with zero attached hydrogens (tertiary/aromatic N) is 1. The van der Waals surface area contributed by atoms with Crippen molar-refractivity contribution < 1.29 is 19.4 Å². The summed E-state index contributed by atoms with van der Waals surface area (Å²) in [5.74, 6) is -0.566. The molecule has 0 radical (unpaired) electrons. The lowest BCUT2D eigenvalue weighted by atomic mass is 9.80. The maximum absolute atomic E-state index is 12.2. The van der Waals surface area contributed by atoms with Gasteiger partial charge < -0.3 is 15.2 Å². The van der Waals surface area contributed by atoms with Crippen molar-refractivity contribution in [3.63, 3.8) is 0 Å². The maximum atomic E-state index is 12.2. The number of aliphatic carboxylic acids is 1. The predicted octanol–water partition coefficient (Wildman–Crippen LogP) is 2.41. The number of methoxy groups -OCH3 is 1. The highest BCUT2D eigenvalue weighted by Crippen LogP contribution is 2.29. The van der Waals surface area contributed by atoms with Crippen molar-refractivity contribution in [2.75, 3.05) is 7.11 Å². The lowest BCUT2D eigenvalue weighted by Crippen LogP contribution is -2.46. The number of hydrogen-bond donors (Lipinski definition) is 2. The Balaban J connectivity index is 1.62. The van der Waals surface area contributed by atoms with E-state index in [1.165, 1.54) is 11.3 Å². The normalized spacial score (nSPS) is 19.7. The molecule has 0 bridgehead atoms. The molecule has 1 aromatic carbocycles. The first-order chi connectivity index (χ1) is 11.1. The molecule has 3 rings (SSSR count). The van der Waals surface area contributed by atoms with Gasteiger partial charge in [0.05, 0.1) is 19.2 Å². The van der Waals surface area contributed by atoms with Crippen molar-refractivity contribution in [3.8, 4) is 16.3 Å². The quantitative estimate of drug-likeness (QED) is 0.878. The van der Waals surface area contributed by atoms with Gasteiger partial charge in [0.2, 0.25) is 0 Å². The number of hydrogen-bond acceptors (Lipinski definition) is 5. The molecule has 1 aromatic heterocycles. The summed E-state index contributed by atoms with van der Waals surface area (Å²) in [5.41, 5.74) is 0.921. The summed E-state index contributed by atoms with van der Waals surface area (Å²) in [7, 11) is 1.61. The largest absolute Gasteiger partial charge is 0.497 e. The van der Waals surface area contributed by atoms with Crippen LogP contribution in [0.5, 0.6) is 5.75 Å². The van der Waals surface area contributed by atoms with Crippen LogP contribution in [0.25, 0.3) is 10.6 Å². The highest BCUT2D eigenvalue weighted by molar-refractivity contribution is 7.16. The third kappa shape index (κ3) is 3.34. The molecule has 1 heterocycles. The summed E-state index contributed by atoms with van der Waals surface area (Å²) in [4.78, 5) is 27.7. The summed E-state index contributed by atoms with van der Waals surface area (Å²) in [5, 5.41) is 12.4. The minimum atomic E-state index is -0.796. The molecule has 1 amide bonds. The van der Waals surface area contributed by atoms with Crippen molar-refractivity contribution in [1.29, 1.82) is 0 Å². The predicted molar refractivity (Wildman–Crippen MR) is 85.7 cm³/mol. The monoisotopic (exact) mass is 332 g/mol. The third-order valence-electron chi connectivity index (χ3n) is 3.89. The minimum Gasteiger partial charge on any atom is -0.497 e. The van der Waals surface area contributed by atoms with Crippen LogP contribution in [-0.4, -0.2) is 35.1 Å². The zero-order valence-corrected chi connectivity index (χ0v) is 13.3. The highest BCUT2D eigenvalue weighted by Gasteiger charge is 2.35. The van der Waals surface area contributed by atoms with Crippen LogP contribution < -0.4 is 10.1 Å². The minimum absolute atomic E-state index is 0.0601. The maximum Gasteiger partial charge on any atom is 0.306 e. The van der Waals surface area contributed by atoms with Gasteiger partial charge in [-0.15, -0.1) is 11.3 Å². The summed E-state index contributed by atoms with van der Waals surface area (Å²) in [6.45, 7) is 0. The number of carboxylic acids is 1. The summed E-state index contributed by atoms with van der Waals surface area (Å²) in [6.07, 6.45) is 2.53. The molecular formula is C16H16N2O4S. The van der Waals surface area contributed by atoms with Gasteiger partial charge in [-0.1, -0.05) is 0 Å². The van der Waals surface area contributed by atoms with Crippen LogP contribution in [0, 0.1) is 5.92 Å². The van der Waals surface area contributed by atoms with Crippen LogP contribution in [0.1, 0.15) is 22.5 Å². The first-order valence-corrected chi connectivity index (χ1v) is 8.02. The molecule has 0 atom stereocenters. The van der Waals surface area contributed by atoms with Crippen LogP contribution >= 0.6 is 11.3 Å². The molecule has 0 aliphatic heterocycles. The zero-order chi connectivity index (χ0) is 16.4. The molecular weight excluding hydrogens is 316 g/mol. The first-order valence-electron chi connectivity index (χ1n) is 7.20. The smallest absolute Gasteiger partial charge is 0.306 e. The standard InChI is InChI=1S/C16H16N2O4S/c1-22-12-4-2-9(3-5-12)15-17-8-13(23-15)14(19)18-11-6-10(7-11)16(20)21/h2-5,8,10-11H,6-7H2,1H3,(H,18,19)(H,20,21). The van der Waals surface area contributed by atoms with Crippen LogP contribution in [-0.2, 0) is 4.79 Å². The molecule has 2 N–H and O–H groups in total. The second-order valence-corrected chi connectivity index (χ2v) is 6.47. The molecule has 0 spiro atoms. The van der Waals surface area contributed by atoms with Gasteiger partial charge in [-0.3, -0.25) is 9.59 Å². The van der Waals surface area contributed by atoms with E-state index < -0.39 is 5.97 Å². The molecule has 23 heavy (non-hydrogen) atoms. The molecule has 1 saturated carbocycles. The average Bonchev–Trinajstić information content (AvgIpc) is 3.00. The fourth-order valence-corrected chi connectivity index (χ4v) is 3.26. The molecule has 120 valence electrons. The fourth-order valence-electron chi connectivity index (χ4n) is 2.44. The lowest BCUT2D eigenvalue weighted by molar-refractivity contribution is -0.145. The van der Waals surface area contributed by atoms with E-state index >= 15 is 0 Å². The van der Waals surface area contributed by atoms with Crippen molar-refractivity contribution in [3.05, 3.63) is 35.3 Å². The Labute approximate surface area is 137 Å². The highest BCUT2D eigenvalue weighted by atomic mass is 32.1. The molecule has 6 nitrogen and oxygen atoms in total. The van der Waals surface area contributed by atoms with Crippen LogP contribution in [0.2, 0.25) is 0 Å². The fraction of sp³-hybridized carbons (Fsp3) is 0.312. The first kappa shape index (κ1) is 15.5. The third-order valence-corrected chi connectivity index (χ3v) is 4.93. The van der Waals surface area contributed by atoms with Gasteiger partial charge in [0.25, 0.3) is 5.91 Å². The number of thiazole rings is 1. The summed E-state index contributed by atoms with van der Waals surface area (Å²) < 4.78 is 5.11. The van der Waals surface area contributed by atoms with E-state index in [9.17, 15) is 9.59 Å². The van der Waals surface area contributed by atoms with Crippen LogP contribution in [0.15, 0.2) is 30.5 Å². The Bertz CT molecular complexity index is 720. The molecule has 1 aliphatic rings. The van der Waals surface area contributed by atoms with Crippen molar-refractivity contribution in [2.24, 2.45) is 5.92 Å². The van der Waals surface area contributed by atoms with Gasteiger partial charge in [-0.05, 0) is 37.1 Å². The Morgan fingerprint density at radius 3 is 2.61 bits per heavy atom. The summed E-state index contributed by atoms with van der Waals surface area (Å²) in [6, 6.07) is 7.41. The number of amides is 1. The van der Waals surface area contributed by atoms with E-state index in [-0.39, 0.29) is 17.9 Å². The number of carbonyl (C=O) groups excluding carboxylic acids is 1. The average molecular weight is 332 g/mol. The van der Waals surface area contributed by atoms with E-state index in [4.69, 9.17) is 9.84 Å². The lowest BCUT2D eigenvalue weighted by Gasteiger charge is -2.32. The van der Waals surface area contributed by atoms with E-state index in [1.54, 1.807) is 13.3 Å². The molecule has 1 fully saturated rings. The molecule has 2 aromatic rings. The Morgan fingerprint density at radius 1 is 1.30 bits per heavy atom. The Kier molecular flexibility index (Phi) is 4.29. The molecule has 0 unspecified atom stereocenters. The number of ether oxygens (including phenoxy) is 1. The van der Waals surface area contributed by atoms with Gasteiger partial charge in [0, 0.05) is 11.6 Å². The van der Waals surface area contributed by atoms with E-state index in [0.29, 0.717) is 17.7 Å². The van der Waals surface area contributed by atoms with Crippen molar-refractivity contribution in [1.82, 2.24) is 10.3 Å². The van der Waals surface area contributed by atoms with Crippen LogP contribution in [0.3, 0.4) is 0 Å². The van der Waals surface area contributed by atoms with Crippen LogP contribution in [0.4, 0.5) is 0 Å². The van der Waals surface area contributed by atoms with Crippen molar-refractivity contribution in [2.45, 2.75) is 18.9 Å². The second kappa shape index (κ2) is 6.37. The van der Waals surface area contributed by atoms with Gasteiger partial charge in [-0.2, -0.15) is 0 Å². The second-order valence-electron chi connectivity index (χ2n) is 5.44. The topological polar surface area (TPSA) is 88.5 Å². The zero-order valence-electron chi connectivity index (χ0n) is 12.5. The Morgan fingerprint density at radius 2 is 2.00 bits per heavy atom. The SMILES string of the molecule is COc1ccc(-c2ncc(C(=O)NC3CC(C(=O)O)C3)s2)cc1. The van der Waals surface area contributed by atoms with E-state index in [2.05, 4.69) is 10.3 Å². The number of nitrogens with one attached hydrogen (secondary N) is 1. The number of carbonyl (C=O) groups is 2. The van der Waals surface area contributed by atoms with Gasteiger partial charge in [-0.25, -0.2) is 4.98 Å².